The van der Waals surface area contributed by atoms with Crippen molar-refractivity contribution in [3.8, 4) is 5.75 Å². The zero-order valence-electron chi connectivity index (χ0n) is 10.6. The van der Waals surface area contributed by atoms with E-state index in [4.69, 9.17) is 9.47 Å². The molecule has 0 amide bonds. The van der Waals surface area contributed by atoms with Crippen LogP contribution < -0.4 is 4.74 Å². The molecule has 1 rings (SSSR count). The minimum absolute atomic E-state index is 0.277. The molecule has 3 heteroatoms. The Hall–Kier alpha value is -1.51. The number of benzene rings is 1. The van der Waals surface area contributed by atoms with Crippen LogP contribution in [0.25, 0.3) is 0 Å². The second-order valence-corrected chi connectivity index (χ2v) is 3.93. The fraction of sp³-hybridized carbons (Fsp3) is 0.500. The Labute approximate surface area is 103 Å². The van der Waals surface area contributed by atoms with Crippen LogP contribution in [0.5, 0.6) is 5.75 Å². The monoisotopic (exact) mass is 236 g/mol. The van der Waals surface area contributed by atoms with Gasteiger partial charge in [0.05, 0.1) is 19.3 Å². The van der Waals surface area contributed by atoms with Crippen LogP contribution in [0.2, 0.25) is 0 Å². The van der Waals surface area contributed by atoms with Crippen molar-refractivity contribution < 1.29 is 14.3 Å². The molecule has 0 aromatic heterocycles. The van der Waals surface area contributed by atoms with Crippen molar-refractivity contribution >= 4 is 5.97 Å². The maximum atomic E-state index is 11.7. The molecule has 1 aromatic rings. The minimum atomic E-state index is -0.277. The van der Waals surface area contributed by atoms with Gasteiger partial charge in [0.2, 0.25) is 0 Å². The Balaban J connectivity index is 2.36. The van der Waals surface area contributed by atoms with Crippen LogP contribution in [-0.4, -0.2) is 19.7 Å². The van der Waals surface area contributed by atoms with E-state index in [1.165, 1.54) is 12.8 Å². The summed E-state index contributed by atoms with van der Waals surface area (Å²) in [5.74, 6) is 0.394. The maximum absolute atomic E-state index is 11.7. The Morgan fingerprint density at radius 1 is 1.24 bits per heavy atom. The molecular formula is C14H20O3. The molecule has 0 aliphatic heterocycles. The third-order valence-corrected chi connectivity index (χ3v) is 2.54. The van der Waals surface area contributed by atoms with Crippen molar-refractivity contribution in [2.75, 3.05) is 13.7 Å². The zero-order chi connectivity index (χ0) is 12.5. The number of carbonyl (C=O) groups excluding carboxylic acids is 1. The van der Waals surface area contributed by atoms with E-state index in [1.54, 1.807) is 31.4 Å². The number of hydrogen-bond donors (Lipinski definition) is 0. The molecule has 0 N–H and O–H groups in total. The van der Waals surface area contributed by atoms with E-state index in [9.17, 15) is 4.79 Å². The van der Waals surface area contributed by atoms with E-state index in [0.717, 1.165) is 12.8 Å². The highest BCUT2D eigenvalue weighted by Gasteiger charge is 2.07. The summed E-state index contributed by atoms with van der Waals surface area (Å²) in [4.78, 5) is 11.7. The van der Waals surface area contributed by atoms with Gasteiger partial charge in [0.15, 0.2) is 0 Å². The van der Waals surface area contributed by atoms with Gasteiger partial charge in [0.1, 0.15) is 5.75 Å². The molecule has 17 heavy (non-hydrogen) atoms. The summed E-state index contributed by atoms with van der Waals surface area (Å²) in [5.41, 5.74) is 0.542. The molecule has 0 unspecified atom stereocenters. The van der Waals surface area contributed by atoms with Gasteiger partial charge in [0, 0.05) is 0 Å². The van der Waals surface area contributed by atoms with Gasteiger partial charge < -0.3 is 9.47 Å². The molecule has 0 bridgehead atoms. The van der Waals surface area contributed by atoms with E-state index in [-0.39, 0.29) is 5.97 Å². The lowest BCUT2D eigenvalue weighted by molar-refractivity contribution is 0.0497. The maximum Gasteiger partial charge on any atom is 0.338 e. The standard InChI is InChI=1S/C14H20O3/c1-3-4-5-6-10-17-14(15)12-8-7-9-13(11-12)16-2/h7-9,11H,3-6,10H2,1-2H3. The normalized spacial score (nSPS) is 10.0. The first-order chi connectivity index (χ1) is 8.27. The molecular weight excluding hydrogens is 216 g/mol. The molecule has 3 nitrogen and oxygen atoms in total. The van der Waals surface area contributed by atoms with Gasteiger partial charge in [-0.3, -0.25) is 0 Å². The third-order valence-electron chi connectivity index (χ3n) is 2.54. The highest BCUT2D eigenvalue weighted by atomic mass is 16.5. The minimum Gasteiger partial charge on any atom is -0.497 e. The van der Waals surface area contributed by atoms with Gasteiger partial charge in [-0.1, -0.05) is 32.3 Å². The fourth-order valence-corrected chi connectivity index (χ4v) is 1.53. The molecule has 0 aliphatic rings. The van der Waals surface area contributed by atoms with Crippen LogP contribution in [0.4, 0.5) is 0 Å². The number of methoxy groups -OCH3 is 1. The summed E-state index contributed by atoms with van der Waals surface area (Å²) >= 11 is 0. The van der Waals surface area contributed by atoms with Crippen LogP contribution >= 0.6 is 0 Å². The fourth-order valence-electron chi connectivity index (χ4n) is 1.53. The molecule has 0 radical (unpaired) electrons. The van der Waals surface area contributed by atoms with Crippen molar-refractivity contribution in [3.63, 3.8) is 0 Å². The summed E-state index contributed by atoms with van der Waals surface area (Å²) in [6.07, 6.45) is 4.42. The lowest BCUT2D eigenvalue weighted by atomic mass is 10.2. The number of carbonyl (C=O) groups is 1. The third kappa shape index (κ3) is 4.89. The molecule has 0 atom stereocenters. The molecule has 0 aliphatic carbocycles. The Bertz CT molecular complexity index is 347. The first-order valence-electron chi connectivity index (χ1n) is 6.09. The number of hydrogen-bond acceptors (Lipinski definition) is 3. The molecule has 0 heterocycles. The number of rotatable bonds is 7. The van der Waals surface area contributed by atoms with Crippen LogP contribution in [-0.2, 0) is 4.74 Å². The van der Waals surface area contributed by atoms with Crippen LogP contribution in [0.3, 0.4) is 0 Å². The lowest BCUT2D eigenvalue weighted by Crippen LogP contribution is -2.06. The van der Waals surface area contributed by atoms with E-state index in [0.29, 0.717) is 17.9 Å². The molecule has 94 valence electrons. The molecule has 1 aromatic carbocycles. The number of unbranched alkanes of at least 4 members (excludes halogenated alkanes) is 3. The Kier molecular flexibility index (Phi) is 6.15. The summed E-state index contributed by atoms with van der Waals surface area (Å²) < 4.78 is 10.2. The van der Waals surface area contributed by atoms with Crippen molar-refractivity contribution in [1.29, 1.82) is 0 Å². The zero-order valence-corrected chi connectivity index (χ0v) is 10.6. The average Bonchev–Trinajstić information content (AvgIpc) is 2.38. The molecule has 0 spiro atoms. The molecule has 0 fully saturated rings. The quantitative estimate of drug-likeness (QED) is 0.537. The van der Waals surface area contributed by atoms with Crippen LogP contribution in [0, 0.1) is 0 Å². The van der Waals surface area contributed by atoms with Crippen LogP contribution in [0.15, 0.2) is 24.3 Å². The van der Waals surface area contributed by atoms with Crippen LogP contribution in [0.1, 0.15) is 43.0 Å². The van der Waals surface area contributed by atoms with E-state index in [2.05, 4.69) is 6.92 Å². The highest BCUT2D eigenvalue weighted by molar-refractivity contribution is 5.89. The molecule has 0 saturated carbocycles. The predicted molar refractivity (Wildman–Crippen MR) is 67.4 cm³/mol. The molecule has 0 saturated heterocycles. The van der Waals surface area contributed by atoms with E-state index < -0.39 is 0 Å². The topological polar surface area (TPSA) is 35.5 Å². The second kappa shape index (κ2) is 7.71. The van der Waals surface area contributed by atoms with Crippen molar-refractivity contribution in [3.05, 3.63) is 29.8 Å². The highest BCUT2D eigenvalue weighted by Crippen LogP contribution is 2.13. The van der Waals surface area contributed by atoms with Gasteiger partial charge in [-0.25, -0.2) is 4.79 Å². The van der Waals surface area contributed by atoms with Gasteiger partial charge in [-0.2, -0.15) is 0 Å². The first-order valence-corrected chi connectivity index (χ1v) is 6.09. The van der Waals surface area contributed by atoms with Gasteiger partial charge in [0.25, 0.3) is 0 Å². The SMILES string of the molecule is CCCCCCOC(=O)c1cccc(OC)c1. The second-order valence-electron chi connectivity index (χ2n) is 3.93. The summed E-state index contributed by atoms with van der Waals surface area (Å²) in [5, 5.41) is 0. The summed E-state index contributed by atoms with van der Waals surface area (Å²) in [7, 11) is 1.58. The number of esters is 1. The Morgan fingerprint density at radius 2 is 2.06 bits per heavy atom. The van der Waals surface area contributed by atoms with Crippen molar-refractivity contribution in [2.24, 2.45) is 0 Å². The average molecular weight is 236 g/mol. The van der Waals surface area contributed by atoms with Crippen molar-refractivity contribution in [2.45, 2.75) is 32.6 Å². The van der Waals surface area contributed by atoms with E-state index >= 15 is 0 Å². The van der Waals surface area contributed by atoms with Crippen molar-refractivity contribution in [1.82, 2.24) is 0 Å². The first kappa shape index (κ1) is 13.6. The smallest absolute Gasteiger partial charge is 0.338 e. The Morgan fingerprint density at radius 3 is 2.76 bits per heavy atom. The van der Waals surface area contributed by atoms with E-state index in [1.807, 2.05) is 0 Å². The van der Waals surface area contributed by atoms with Gasteiger partial charge >= 0.3 is 5.97 Å². The van der Waals surface area contributed by atoms with Gasteiger partial charge in [-0.15, -0.1) is 0 Å². The number of ether oxygens (including phenoxy) is 2. The summed E-state index contributed by atoms with van der Waals surface area (Å²) in [6, 6.07) is 7.01. The lowest BCUT2D eigenvalue weighted by Gasteiger charge is -2.05. The predicted octanol–water partition coefficient (Wildman–Crippen LogP) is 3.43. The van der Waals surface area contributed by atoms with Gasteiger partial charge in [-0.05, 0) is 24.6 Å². The summed E-state index contributed by atoms with van der Waals surface area (Å²) in [6.45, 7) is 2.65. The largest absolute Gasteiger partial charge is 0.497 e.